The van der Waals surface area contributed by atoms with Gasteiger partial charge in [0, 0.05) is 17.6 Å². The molecule has 0 radical (unpaired) electrons. The van der Waals surface area contributed by atoms with Crippen LogP contribution >= 0.6 is 11.3 Å². The lowest BCUT2D eigenvalue weighted by molar-refractivity contribution is 0.0696. The molecule has 0 fully saturated rings. The molecule has 0 amide bonds. The third-order valence-corrected chi connectivity index (χ3v) is 3.34. The topological polar surface area (TPSA) is 88.2 Å². The van der Waals surface area contributed by atoms with Gasteiger partial charge >= 0.3 is 5.97 Å². The molecule has 0 bridgehead atoms. The molecule has 0 atom stereocenters. The smallest absolute Gasteiger partial charge is 0.337 e. The number of carboxylic acids is 1. The van der Waals surface area contributed by atoms with Gasteiger partial charge < -0.3 is 16.2 Å². The number of anilines is 2. The summed E-state index contributed by atoms with van der Waals surface area (Å²) in [6.45, 7) is 0.712. The minimum Gasteiger partial charge on any atom is -0.478 e. The number of hydrogen-bond donors (Lipinski definition) is 3. The molecule has 5 nitrogen and oxygen atoms in total. The number of thiophene rings is 1. The van der Waals surface area contributed by atoms with Crippen molar-refractivity contribution >= 4 is 28.8 Å². The summed E-state index contributed by atoms with van der Waals surface area (Å²) in [6, 6.07) is 5.48. The zero-order valence-electron chi connectivity index (χ0n) is 9.59. The van der Waals surface area contributed by atoms with Crippen molar-refractivity contribution in [1.29, 1.82) is 0 Å². The van der Waals surface area contributed by atoms with Crippen LogP contribution in [-0.2, 0) is 6.42 Å². The molecule has 0 aliphatic carbocycles. The summed E-state index contributed by atoms with van der Waals surface area (Å²) < 4.78 is 0. The Bertz CT molecular complexity index is 540. The van der Waals surface area contributed by atoms with Crippen molar-refractivity contribution in [3.8, 4) is 0 Å². The highest BCUT2D eigenvalue weighted by atomic mass is 32.1. The number of pyridine rings is 1. The Hall–Kier alpha value is -2.08. The van der Waals surface area contributed by atoms with Crippen LogP contribution in [0.5, 0.6) is 0 Å². The quantitative estimate of drug-likeness (QED) is 0.768. The van der Waals surface area contributed by atoms with Gasteiger partial charge in [-0.1, -0.05) is 6.07 Å². The molecule has 2 heterocycles. The van der Waals surface area contributed by atoms with Crippen molar-refractivity contribution in [2.24, 2.45) is 0 Å². The average Bonchev–Trinajstić information content (AvgIpc) is 2.84. The lowest BCUT2D eigenvalue weighted by Crippen LogP contribution is -2.09. The summed E-state index contributed by atoms with van der Waals surface area (Å²) >= 11 is 1.70. The Labute approximate surface area is 108 Å². The monoisotopic (exact) mass is 263 g/mol. The maximum absolute atomic E-state index is 10.7. The molecule has 0 unspecified atom stereocenters. The van der Waals surface area contributed by atoms with Crippen LogP contribution in [0.15, 0.2) is 29.8 Å². The van der Waals surface area contributed by atoms with Crippen LogP contribution in [0.3, 0.4) is 0 Å². The zero-order valence-corrected chi connectivity index (χ0v) is 10.4. The van der Waals surface area contributed by atoms with Crippen LogP contribution in [0.4, 0.5) is 11.5 Å². The number of nitrogen functional groups attached to an aromatic ring is 1. The molecule has 0 aliphatic heterocycles. The normalized spacial score (nSPS) is 10.2. The third kappa shape index (κ3) is 2.98. The fourth-order valence-electron chi connectivity index (χ4n) is 1.51. The Kier molecular flexibility index (Phi) is 3.78. The number of nitrogens with zero attached hydrogens (tertiary/aromatic N) is 1. The van der Waals surface area contributed by atoms with Gasteiger partial charge in [0.05, 0.1) is 11.3 Å². The summed E-state index contributed by atoms with van der Waals surface area (Å²) in [5.74, 6) is -0.504. The van der Waals surface area contributed by atoms with E-state index < -0.39 is 5.97 Å². The number of rotatable bonds is 5. The van der Waals surface area contributed by atoms with Crippen molar-refractivity contribution < 1.29 is 9.90 Å². The van der Waals surface area contributed by atoms with Crippen molar-refractivity contribution in [3.05, 3.63) is 40.2 Å². The Balaban J connectivity index is 1.95. The predicted molar refractivity (Wildman–Crippen MR) is 72.1 cm³/mol. The number of nitrogens with one attached hydrogen (secondary N) is 1. The van der Waals surface area contributed by atoms with Crippen LogP contribution in [0.2, 0.25) is 0 Å². The van der Waals surface area contributed by atoms with E-state index in [2.05, 4.69) is 16.4 Å². The first-order valence-electron chi connectivity index (χ1n) is 5.42. The van der Waals surface area contributed by atoms with Crippen LogP contribution in [0.1, 0.15) is 15.2 Å². The second-order valence-electron chi connectivity index (χ2n) is 3.72. The molecule has 4 N–H and O–H groups in total. The van der Waals surface area contributed by atoms with E-state index in [1.165, 1.54) is 17.1 Å². The minimum atomic E-state index is -1.03. The summed E-state index contributed by atoms with van der Waals surface area (Å²) in [5.41, 5.74) is 6.17. The minimum absolute atomic E-state index is 0.0938. The molecule has 2 aromatic heterocycles. The summed E-state index contributed by atoms with van der Waals surface area (Å²) in [5, 5.41) is 13.9. The highest BCUT2D eigenvalue weighted by Crippen LogP contribution is 2.17. The van der Waals surface area contributed by atoms with Gasteiger partial charge in [-0.3, -0.25) is 0 Å². The molecular weight excluding hydrogens is 250 g/mol. The van der Waals surface area contributed by atoms with E-state index >= 15 is 0 Å². The predicted octanol–water partition coefficient (Wildman–Crippen LogP) is 2.08. The first-order chi connectivity index (χ1) is 8.66. The van der Waals surface area contributed by atoms with Gasteiger partial charge in [0.2, 0.25) is 0 Å². The molecule has 0 saturated heterocycles. The van der Waals surface area contributed by atoms with Crippen molar-refractivity contribution in [3.63, 3.8) is 0 Å². The fraction of sp³-hybridized carbons (Fsp3) is 0.167. The lowest BCUT2D eigenvalue weighted by atomic mass is 10.2. The van der Waals surface area contributed by atoms with E-state index in [1.54, 1.807) is 11.3 Å². The zero-order chi connectivity index (χ0) is 13.0. The highest BCUT2D eigenvalue weighted by Gasteiger charge is 2.07. The van der Waals surface area contributed by atoms with E-state index in [0.717, 1.165) is 6.42 Å². The van der Waals surface area contributed by atoms with E-state index in [9.17, 15) is 4.79 Å². The van der Waals surface area contributed by atoms with Crippen LogP contribution in [-0.4, -0.2) is 22.6 Å². The molecule has 2 aromatic rings. The molecule has 94 valence electrons. The number of carbonyl (C=O) groups is 1. The van der Waals surface area contributed by atoms with Crippen molar-refractivity contribution in [2.75, 3.05) is 17.6 Å². The van der Waals surface area contributed by atoms with Crippen molar-refractivity contribution in [2.45, 2.75) is 6.42 Å². The largest absolute Gasteiger partial charge is 0.478 e. The number of aromatic carboxylic acids is 1. The summed E-state index contributed by atoms with van der Waals surface area (Å²) in [6.07, 6.45) is 2.19. The highest BCUT2D eigenvalue weighted by molar-refractivity contribution is 7.09. The third-order valence-electron chi connectivity index (χ3n) is 2.41. The molecule has 0 aromatic carbocycles. The molecule has 2 rings (SSSR count). The number of carboxylic acid groups (broad SMARTS) is 1. The standard InChI is InChI=1S/C12H13N3O2S/c13-10-6-8(12(16)17)7-15-11(10)14-4-3-9-2-1-5-18-9/h1-2,5-7H,3-4,13H2,(H,14,15)(H,16,17). The molecule has 0 spiro atoms. The second kappa shape index (κ2) is 5.50. The van der Waals surface area contributed by atoms with Gasteiger partial charge in [-0.05, 0) is 23.9 Å². The number of nitrogens with two attached hydrogens (primary N) is 1. The van der Waals surface area contributed by atoms with Gasteiger partial charge in [-0.25, -0.2) is 9.78 Å². The molecule has 6 heteroatoms. The Morgan fingerprint density at radius 3 is 3.00 bits per heavy atom. The van der Waals surface area contributed by atoms with Crippen LogP contribution in [0, 0.1) is 0 Å². The average molecular weight is 263 g/mol. The first-order valence-corrected chi connectivity index (χ1v) is 6.30. The van der Waals surface area contributed by atoms with Gasteiger partial charge in [0.25, 0.3) is 0 Å². The molecule has 18 heavy (non-hydrogen) atoms. The van der Waals surface area contributed by atoms with E-state index in [4.69, 9.17) is 10.8 Å². The van der Waals surface area contributed by atoms with E-state index in [0.29, 0.717) is 18.1 Å². The van der Waals surface area contributed by atoms with Gasteiger partial charge in [0.15, 0.2) is 0 Å². The van der Waals surface area contributed by atoms with Crippen LogP contribution in [0.25, 0.3) is 0 Å². The van der Waals surface area contributed by atoms with Gasteiger partial charge in [0.1, 0.15) is 5.82 Å². The molecular formula is C12H13N3O2S. The Morgan fingerprint density at radius 2 is 2.39 bits per heavy atom. The first kappa shape index (κ1) is 12.4. The summed E-state index contributed by atoms with van der Waals surface area (Å²) in [7, 11) is 0. The lowest BCUT2D eigenvalue weighted by Gasteiger charge is -2.08. The number of aromatic nitrogens is 1. The molecule has 0 aliphatic rings. The SMILES string of the molecule is Nc1cc(C(=O)O)cnc1NCCc1cccs1. The maximum Gasteiger partial charge on any atom is 0.337 e. The van der Waals surface area contributed by atoms with Crippen LogP contribution < -0.4 is 11.1 Å². The van der Waals surface area contributed by atoms with Gasteiger partial charge in [-0.15, -0.1) is 11.3 Å². The second-order valence-corrected chi connectivity index (χ2v) is 4.76. The van der Waals surface area contributed by atoms with E-state index in [1.807, 2.05) is 11.4 Å². The van der Waals surface area contributed by atoms with Gasteiger partial charge in [-0.2, -0.15) is 0 Å². The summed E-state index contributed by atoms with van der Waals surface area (Å²) in [4.78, 5) is 16.0. The van der Waals surface area contributed by atoms with E-state index in [-0.39, 0.29) is 5.56 Å². The number of hydrogen-bond acceptors (Lipinski definition) is 5. The molecule has 0 saturated carbocycles. The van der Waals surface area contributed by atoms with Crippen molar-refractivity contribution in [1.82, 2.24) is 4.98 Å². The fourth-order valence-corrected chi connectivity index (χ4v) is 2.21. The Morgan fingerprint density at radius 1 is 1.56 bits per heavy atom. The maximum atomic E-state index is 10.7.